The fourth-order valence-electron chi connectivity index (χ4n) is 4.13. The highest BCUT2D eigenvalue weighted by atomic mass is 16.5. The molecule has 1 atom stereocenters. The molecule has 13 nitrogen and oxygen atoms in total. The average Bonchev–Trinajstić information content (AvgIpc) is 2.98. The maximum Gasteiger partial charge on any atom is 0.326 e. The predicted molar refractivity (Wildman–Crippen MR) is 165 cm³/mol. The highest BCUT2D eigenvalue weighted by molar-refractivity contribution is 5.93. The molecule has 7 N–H and O–H groups in total. The molecule has 13 heteroatoms. The SMILES string of the molecule is COc1ccc(/C=C\c2cc(OC)c(OC)c(OC)c2)cc1NC(=O)CCCCC(=O)N[C@@H](CCCN=C(N)N)C(=O)O. The summed E-state index contributed by atoms with van der Waals surface area (Å²) >= 11 is 0. The molecule has 2 rings (SSSR count). The number of aliphatic carboxylic acids is 1. The first-order valence-corrected chi connectivity index (χ1v) is 13.6. The minimum Gasteiger partial charge on any atom is -0.495 e. The third-order valence-electron chi connectivity index (χ3n) is 6.29. The van der Waals surface area contributed by atoms with Crippen LogP contribution < -0.4 is 41.0 Å². The van der Waals surface area contributed by atoms with Crippen molar-refractivity contribution in [3.8, 4) is 23.0 Å². The maximum absolute atomic E-state index is 12.6. The van der Waals surface area contributed by atoms with E-state index >= 15 is 0 Å². The van der Waals surface area contributed by atoms with Crippen molar-refractivity contribution < 1.29 is 38.4 Å². The van der Waals surface area contributed by atoms with E-state index in [1.165, 1.54) is 7.11 Å². The van der Waals surface area contributed by atoms with E-state index in [1.807, 2.05) is 30.4 Å². The van der Waals surface area contributed by atoms with Crippen molar-refractivity contribution in [2.24, 2.45) is 16.5 Å². The minimum atomic E-state index is -1.13. The van der Waals surface area contributed by atoms with Gasteiger partial charge in [-0.2, -0.15) is 0 Å². The molecule has 2 amide bonds. The van der Waals surface area contributed by atoms with Crippen LogP contribution in [0.15, 0.2) is 35.3 Å². The molecule has 0 spiro atoms. The van der Waals surface area contributed by atoms with Gasteiger partial charge < -0.3 is 46.2 Å². The summed E-state index contributed by atoms with van der Waals surface area (Å²) < 4.78 is 21.6. The van der Waals surface area contributed by atoms with E-state index in [4.69, 9.17) is 30.4 Å². The number of benzene rings is 2. The number of carboxylic acids is 1. The lowest BCUT2D eigenvalue weighted by Crippen LogP contribution is -2.40. The Labute approximate surface area is 251 Å². The number of methoxy groups -OCH3 is 4. The number of hydrogen-bond donors (Lipinski definition) is 5. The molecule has 0 unspecified atom stereocenters. The third kappa shape index (κ3) is 11.5. The summed E-state index contributed by atoms with van der Waals surface area (Å²) in [5.41, 5.74) is 12.6. The number of ether oxygens (including phenoxy) is 4. The standard InChI is InChI=1S/C30H41N5O8/c1-40-23-14-13-19(11-12-20-17-24(41-2)28(43-4)25(18-20)42-3)16-22(23)35-27(37)10-6-5-9-26(36)34-21(29(38)39)8-7-15-33-30(31)32/h11-14,16-18,21H,5-10,15H2,1-4H3,(H,34,36)(H,35,37)(H,38,39)(H4,31,32,33)/b12-11-/t21-/m0/s1. The molecule has 0 saturated heterocycles. The van der Waals surface area contributed by atoms with E-state index in [0.717, 1.165) is 11.1 Å². The summed E-state index contributed by atoms with van der Waals surface area (Å²) in [6, 6.07) is 8.01. The largest absolute Gasteiger partial charge is 0.495 e. The fraction of sp³-hybridized carbons (Fsp3) is 0.400. The number of amides is 2. The van der Waals surface area contributed by atoms with Crippen LogP contribution in [0.2, 0.25) is 0 Å². The molecule has 0 aliphatic heterocycles. The summed E-state index contributed by atoms with van der Waals surface area (Å²) in [5.74, 6) is 0.207. The van der Waals surface area contributed by atoms with Crippen molar-refractivity contribution in [1.29, 1.82) is 0 Å². The first kappa shape index (κ1) is 34.3. The first-order chi connectivity index (χ1) is 20.6. The first-order valence-electron chi connectivity index (χ1n) is 13.6. The summed E-state index contributed by atoms with van der Waals surface area (Å²) in [5, 5.41) is 14.7. The molecular formula is C30H41N5O8. The number of rotatable bonds is 18. The van der Waals surface area contributed by atoms with Crippen LogP contribution in [0.5, 0.6) is 23.0 Å². The van der Waals surface area contributed by atoms with Crippen LogP contribution in [0, 0.1) is 0 Å². The van der Waals surface area contributed by atoms with Crippen LogP contribution in [0.3, 0.4) is 0 Å². The molecule has 43 heavy (non-hydrogen) atoms. The van der Waals surface area contributed by atoms with Gasteiger partial charge in [0.05, 0.1) is 34.1 Å². The normalized spacial score (nSPS) is 11.3. The topological polar surface area (TPSA) is 197 Å². The van der Waals surface area contributed by atoms with Gasteiger partial charge in [0, 0.05) is 19.4 Å². The molecule has 0 fully saturated rings. The second kappa shape index (κ2) is 17.8. The van der Waals surface area contributed by atoms with Gasteiger partial charge in [0.1, 0.15) is 11.8 Å². The van der Waals surface area contributed by atoms with Crippen molar-refractivity contribution in [3.05, 3.63) is 41.5 Å². The Hall–Kier alpha value is -4.94. The van der Waals surface area contributed by atoms with Crippen LogP contribution in [-0.4, -0.2) is 69.9 Å². The Morgan fingerprint density at radius 3 is 2.00 bits per heavy atom. The van der Waals surface area contributed by atoms with Gasteiger partial charge in [0.25, 0.3) is 0 Å². The number of nitrogens with zero attached hydrogens (tertiary/aromatic N) is 1. The molecule has 2 aromatic carbocycles. The Kier molecular flexibility index (Phi) is 14.2. The van der Waals surface area contributed by atoms with E-state index in [-0.39, 0.29) is 37.7 Å². The Morgan fingerprint density at radius 2 is 1.44 bits per heavy atom. The van der Waals surface area contributed by atoms with E-state index < -0.39 is 17.9 Å². The van der Waals surface area contributed by atoms with Crippen molar-refractivity contribution >= 4 is 41.6 Å². The van der Waals surface area contributed by atoms with Gasteiger partial charge in [0.15, 0.2) is 17.5 Å². The monoisotopic (exact) mass is 599 g/mol. The number of carboxylic acid groups (broad SMARTS) is 1. The predicted octanol–water partition coefficient (Wildman–Crippen LogP) is 3.01. The van der Waals surface area contributed by atoms with Crippen molar-refractivity contribution in [3.63, 3.8) is 0 Å². The summed E-state index contributed by atoms with van der Waals surface area (Å²) in [4.78, 5) is 40.1. The Bertz CT molecular complexity index is 1280. The number of carbonyl (C=O) groups is 3. The number of unbranched alkanes of at least 4 members (excludes halogenated alkanes) is 1. The number of carbonyl (C=O) groups excluding carboxylic acids is 2. The quantitative estimate of drug-likeness (QED) is 0.0735. The van der Waals surface area contributed by atoms with Crippen LogP contribution in [0.25, 0.3) is 12.2 Å². The van der Waals surface area contributed by atoms with E-state index in [2.05, 4.69) is 15.6 Å². The van der Waals surface area contributed by atoms with Crippen LogP contribution in [-0.2, 0) is 14.4 Å². The lowest BCUT2D eigenvalue weighted by Gasteiger charge is -2.14. The zero-order valence-corrected chi connectivity index (χ0v) is 25.0. The third-order valence-corrected chi connectivity index (χ3v) is 6.29. The van der Waals surface area contributed by atoms with E-state index in [0.29, 0.717) is 47.9 Å². The number of nitrogens with one attached hydrogen (secondary N) is 2. The average molecular weight is 600 g/mol. The van der Waals surface area contributed by atoms with Crippen molar-refractivity contribution in [2.75, 3.05) is 40.3 Å². The van der Waals surface area contributed by atoms with Crippen LogP contribution >= 0.6 is 0 Å². The van der Waals surface area contributed by atoms with Gasteiger partial charge in [-0.05, 0) is 61.1 Å². The fourth-order valence-corrected chi connectivity index (χ4v) is 4.13. The zero-order valence-electron chi connectivity index (χ0n) is 25.0. The molecule has 0 aromatic heterocycles. The molecule has 0 bridgehead atoms. The molecular weight excluding hydrogens is 558 g/mol. The van der Waals surface area contributed by atoms with Crippen molar-refractivity contribution in [1.82, 2.24) is 5.32 Å². The number of nitrogens with two attached hydrogens (primary N) is 2. The number of hydrogen-bond acceptors (Lipinski definition) is 8. The number of anilines is 1. The van der Waals surface area contributed by atoms with Gasteiger partial charge in [-0.15, -0.1) is 0 Å². The lowest BCUT2D eigenvalue weighted by atomic mass is 10.1. The number of aliphatic imine (C=N–C) groups is 1. The smallest absolute Gasteiger partial charge is 0.326 e. The maximum atomic E-state index is 12.6. The summed E-state index contributed by atoms with van der Waals surface area (Å²) in [6.45, 7) is 0.272. The Morgan fingerprint density at radius 1 is 0.837 bits per heavy atom. The van der Waals surface area contributed by atoms with Gasteiger partial charge in [0.2, 0.25) is 17.6 Å². The molecule has 0 saturated carbocycles. The summed E-state index contributed by atoms with van der Waals surface area (Å²) in [6.07, 6.45) is 5.46. The Balaban J connectivity index is 1.93. The molecule has 0 aliphatic rings. The second-order valence-electron chi connectivity index (χ2n) is 9.41. The molecule has 234 valence electrons. The van der Waals surface area contributed by atoms with Gasteiger partial charge in [-0.1, -0.05) is 18.2 Å². The highest BCUT2D eigenvalue weighted by Crippen LogP contribution is 2.38. The van der Waals surface area contributed by atoms with E-state index in [1.54, 1.807) is 33.5 Å². The van der Waals surface area contributed by atoms with Gasteiger partial charge >= 0.3 is 5.97 Å². The number of guanidine groups is 1. The van der Waals surface area contributed by atoms with Gasteiger partial charge in [-0.25, -0.2) is 4.79 Å². The van der Waals surface area contributed by atoms with E-state index in [9.17, 15) is 19.5 Å². The van der Waals surface area contributed by atoms with Crippen LogP contribution in [0.4, 0.5) is 5.69 Å². The second-order valence-corrected chi connectivity index (χ2v) is 9.41. The molecule has 0 heterocycles. The van der Waals surface area contributed by atoms with Gasteiger partial charge in [-0.3, -0.25) is 14.6 Å². The molecule has 2 aromatic rings. The van der Waals surface area contributed by atoms with Crippen LogP contribution in [0.1, 0.15) is 49.7 Å². The van der Waals surface area contributed by atoms with Crippen molar-refractivity contribution in [2.45, 2.75) is 44.6 Å². The highest BCUT2D eigenvalue weighted by Gasteiger charge is 2.19. The molecule has 0 radical (unpaired) electrons. The summed E-state index contributed by atoms with van der Waals surface area (Å²) in [7, 11) is 6.15. The zero-order chi connectivity index (χ0) is 31.8. The molecule has 0 aliphatic carbocycles. The minimum absolute atomic E-state index is 0.0737. The lowest BCUT2D eigenvalue weighted by molar-refractivity contribution is -0.142.